The van der Waals surface area contributed by atoms with E-state index in [2.05, 4.69) is 9.98 Å². The molecular formula is C22H21FN2O4S2. The number of aliphatic imine (C=N–C) groups is 1. The molecule has 1 unspecified atom stereocenters. The maximum Gasteiger partial charge on any atom is 0.332 e. The third-order valence-electron chi connectivity index (χ3n) is 5.06. The average molecular weight is 461 g/mol. The van der Waals surface area contributed by atoms with Crippen molar-refractivity contribution in [3.63, 3.8) is 0 Å². The van der Waals surface area contributed by atoms with Crippen LogP contribution in [0.2, 0.25) is 0 Å². The summed E-state index contributed by atoms with van der Waals surface area (Å²) in [7, 11) is 3.21. The van der Waals surface area contributed by atoms with E-state index >= 15 is 0 Å². The first-order valence-electron chi connectivity index (χ1n) is 9.49. The van der Waals surface area contributed by atoms with Gasteiger partial charge >= 0.3 is 5.97 Å². The van der Waals surface area contributed by atoms with Crippen LogP contribution in [0.15, 0.2) is 52.4 Å². The van der Waals surface area contributed by atoms with Crippen LogP contribution in [0.3, 0.4) is 0 Å². The normalized spacial score (nSPS) is 18.2. The Morgan fingerprint density at radius 3 is 2.84 bits per heavy atom. The molecule has 2 aromatic carbocycles. The van der Waals surface area contributed by atoms with Crippen LogP contribution in [0.4, 0.5) is 4.39 Å². The van der Waals surface area contributed by atoms with E-state index in [9.17, 15) is 14.3 Å². The zero-order chi connectivity index (χ0) is 22.0. The van der Waals surface area contributed by atoms with E-state index in [4.69, 9.17) is 9.47 Å². The molecule has 0 saturated carbocycles. The Balaban J connectivity index is 1.53. The number of aliphatic carboxylic acids is 1. The predicted molar refractivity (Wildman–Crippen MR) is 122 cm³/mol. The quantitative estimate of drug-likeness (QED) is 0.477. The largest absolute Gasteiger partial charge is 0.497 e. The Morgan fingerprint density at radius 1 is 1.26 bits per heavy atom. The third kappa shape index (κ3) is 4.52. The first-order chi connectivity index (χ1) is 14.9. The number of carbonyl (C=O) groups is 1. The number of thioether (sulfide) groups is 2. The summed E-state index contributed by atoms with van der Waals surface area (Å²) < 4.78 is 24.2. The van der Waals surface area contributed by atoms with Crippen LogP contribution in [0, 0.1) is 5.82 Å². The van der Waals surface area contributed by atoms with Crippen LogP contribution in [0.25, 0.3) is 10.9 Å². The minimum absolute atomic E-state index is 0.211. The molecule has 0 amide bonds. The number of carboxylic acid groups (broad SMARTS) is 1. The van der Waals surface area contributed by atoms with Gasteiger partial charge in [0, 0.05) is 29.1 Å². The van der Waals surface area contributed by atoms with Crippen molar-refractivity contribution in [2.45, 2.75) is 16.9 Å². The number of hydrogen-bond donors (Lipinski definition) is 2. The van der Waals surface area contributed by atoms with Crippen molar-refractivity contribution in [1.82, 2.24) is 4.98 Å². The van der Waals surface area contributed by atoms with E-state index < -0.39 is 11.5 Å². The van der Waals surface area contributed by atoms with Gasteiger partial charge in [0.05, 0.1) is 24.2 Å². The number of benzene rings is 2. The van der Waals surface area contributed by atoms with Crippen molar-refractivity contribution in [3.8, 4) is 11.5 Å². The Hall–Kier alpha value is -2.65. The summed E-state index contributed by atoms with van der Waals surface area (Å²) in [5.41, 5.74) is 0.111. The van der Waals surface area contributed by atoms with Gasteiger partial charge in [-0.25, -0.2) is 9.18 Å². The monoisotopic (exact) mass is 460 g/mol. The number of fused-ring (bicyclic) bond motifs is 1. The van der Waals surface area contributed by atoms with Gasteiger partial charge in [-0.05, 0) is 47.9 Å². The molecule has 9 heteroatoms. The van der Waals surface area contributed by atoms with Gasteiger partial charge in [0.15, 0.2) is 5.54 Å². The molecule has 6 nitrogen and oxygen atoms in total. The van der Waals surface area contributed by atoms with E-state index in [1.165, 1.54) is 35.7 Å². The maximum absolute atomic E-state index is 13.5. The van der Waals surface area contributed by atoms with E-state index in [0.29, 0.717) is 17.0 Å². The van der Waals surface area contributed by atoms with Crippen LogP contribution in [-0.2, 0) is 11.2 Å². The second-order valence-electron chi connectivity index (χ2n) is 7.14. The number of ether oxygens (including phenoxy) is 2. The molecule has 0 saturated heterocycles. The van der Waals surface area contributed by atoms with Crippen LogP contribution < -0.4 is 9.47 Å². The highest BCUT2D eigenvalue weighted by Gasteiger charge is 2.43. The van der Waals surface area contributed by atoms with Crippen molar-refractivity contribution in [2.24, 2.45) is 4.99 Å². The van der Waals surface area contributed by atoms with E-state index in [-0.39, 0.29) is 12.2 Å². The number of halogens is 1. The molecule has 1 aromatic heterocycles. The Labute approximate surface area is 187 Å². The second-order valence-corrected chi connectivity index (χ2v) is 9.21. The molecule has 0 aliphatic carbocycles. The average Bonchev–Trinajstić information content (AvgIpc) is 3.36. The Morgan fingerprint density at radius 2 is 2.10 bits per heavy atom. The van der Waals surface area contributed by atoms with Gasteiger partial charge in [-0.2, -0.15) is 0 Å². The number of H-pyrrole nitrogens is 1. The second kappa shape index (κ2) is 8.84. The summed E-state index contributed by atoms with van der Waals surface area (Å²) >= 11 is 2.97. The standard InChI is InChI=1S/C22H21FN2O4S2/c1-28-16-5-6-18(29-2)19(9-16)30-11-20-25-22(12-31-20,21(26)27)10-15-7-13-3-4-14(23)8-17(13)24-15/h3-9,24H,10-12H2,1-2H3,(H,26,27). The van der Waals surface area contributed by atoms with Crippen molar-refractivity contribution >= 4 is 45.4 Å². The predicted octanol–water partition coefficient (Wildman–Crippen LogP) is 4.63. The van der Waals surface area contributed by atoms with Gasteiger partial charge in [0.2, 0.25) is 0 Å². The highest BCUT2D eigenvalue weighted by molar-refractivity contribution is 8.16. The van der Waals surface area contributed by atoms with Crippen LogP contribution in [-0.4, -0.2) is 52.4 Å². The molecule has 31 heavy (non-hydrogen) atoms. The molecule has 0 fully saturated rings. The molecule has 162 valence electrons. The molecule has 1 aliphatic heterocycles. The highest BCUT2D eigenvalue weighted by atomic mass is 32.2. The van der Waals surface area contributed by atoms with Crippen molar-refractivity contribution in [2.75, 3.05) is 25.7 Å². The highest BCUT2D eigenvalue weighted by Crippen LogP contribution is 2.37. The number of methoxy groups -OCH3 is 2. The first kappa shape index (κ1) is 21.6. The van der Waals surface area contributed by atoms with Gasteiger partial charge in [-0.15, -0.1) is 23.5 Å². The number of hydrogen-bond acceptors (Lipinski definition) is 6. The van der Waals surface area contributed by atoms with Crippen LogP contribution in [0.5, 0.6) is 11.5 Å². The van der Waals surface area contributed by atoms with Crippen molar-refractivity contribution in [3.05, 3.63) is 54.0 Å². The van der Waals surface area contributed by atoms with Gasteiger partial charge in [-0.3, -0.25) is 4.99 Å². The number of aromatic amines is 1. The van der Waals surface area contributed by atoms with Crippen molar-refractivity contribution in [1.29, 1.82) is 0 Å². The van der Waals surface area contributed by atoms with Gasteiger partial charge in [0.1, 0.15) is 17.3 Å². The van der Waals surface area contributed by atoms with Gasteiger partial charge in [0.25, 0.3) is 0 Å². The topological polar surface area (TPSA) is 83.9 Å². The zero-order valence-corrected chi connectivity index (χ0v) is 18.6. The lowest BCUT2D eigenvalue weighted by molar-refractivity contribution is -0.142. The van der Waals surface area contributed by atoms with Crippen LogP contribution in [0.1, 0.15) is 5.69 Å². The lowest BCUT2D eigenvalue weighted by Crippen LogP contribution is -2.39. The molecule has 2 N–H and O–H groups in total. The molecule has 0 bridgehead atoms. The van der Waals surface area contributed by atoms with E-state index in [1.54, 1.807) is 20.3 Å². The number of rotatable bonds is 8. The van der Waals surface area contributed by atoms with E-state index in [1.807, 2.05) is 24.3 Å². The number of carboxylic acids is 1. The Bertz CT molecular complexity index is 1160. The molecule has 1 aliphatic rings. The fourth-order valence-corrected chi connectivity index (χ4v) is 5.74. The molecule has 1 atom stereocenters. The smallest absolute Gasteiger partial charge is 0.332 e. The van der Waals surface area contributed by atoms with Crippen LogP contribution >= 0.6 is 23.5 Å². The molecule has 0 spiro atoms. The minimum Gasteiger partial charge on any atom is -0.497 e. The Kier molecular flexibility index (Phi) is 6.15. The van der Waals surface area contributed by atoms with E-state index in [0.717, 1.165) is 32.5 Å². The summed E-state index contributed by atoms with van der Waals surface area (Å²) in [6.07, 6.45) is 0.211. The SMILES string of the molecule is COc1ccc(OC)c(SCC2=NC(Cc3cc4ccc(F)cc4[nH]3)(C(=O)O)CS2)c1. The lowest BCUT2D eigenvalue weighted by Gasteiger charge is -2.19. The lowest BCUT2D eigenvalue weighted by atomic mass is 9.96. The first-order valence-corrected chi connectivity index (χ1v) is 11.5. The molecule has 2 heterocycles. The maximum atomic E-state index is 13.5. The number of nitrogens with zero attached hydrogens (tertiary/aromatic N) is 1. The molecule has 0 radical (unpaired) electrons. The number of nitrogens with one attached hydrogen (secondary N) is 1. The molecular weight excluding hydrogens is 439 g/mol. The summed E-state index contributed by atoms with van der Waals surface area (Å²) in [5.74, 6) is 1.02. The minimum atomic E-state index is -1.25. The summed E-state index contributed by atoms with van der Waals surface area (Å²) in [5, 5.41) is 11.6. The summed E-state index contributed by atoms with van der Waals surface area (Å²) in [6.45, 7) is 0. The molecule has 4 rings (SSSR count). The summed E-state index contributed by atoms with van der Waals surface area (Å²) in [6, 6.07) is 11.9. The summed E-state index contributed by atoms with van der Waals surface area (Å²) in [4.78, 5) is 20.8. The molecule has 3 aromatic rings. The fourth-order valence-electron chi connectivity index (χ4n) is 3.46. The van der Waals surface area contributed by atoms with Gasteiger partial charge < -0.3 is 19.6 Å². The van der Waals surface area contributed by atoms with Gasteiger partial charge in [-0.1, -0.05) is 0 Å². The fraction of sp³-hybridized carbons (Fsp3) is 0.273. The third-order valence-corrected chi connectivity index (χ3v) is 7.48. The number of aromatic nitrogens is 1. The van der Waals surface area contributed by atoms with Crippen molar-refractivity contribution < 1.29 is 23.8 Å². The zero-order valence-electron chi connectivity index (χ0n) is 17.0.